The van der Waals surface area contributed by atoms with Crippen molar-refractivity contribution in [1.82, 2.24) is 9.88 Å². The Balaban J connectivity index is 0.00000245. The molecule has 6 heteroatoms. The minimum atomic E-state index is -0.0331. The van der Waals surface area contributed by atoms with E-state index < -0.39 is 0 Å². The van der Waals surface area contributed by atoms with Crippen molar-refractivity contribution >= 4 is 29.2 Å². The van der Waals surface area contributed by atoms with Crippen molar-refractivity contribution in [2.24, 2.45) is 0 Å². The minimum absolute atomic E-state index is 0. The molecule has 0 saturated carbocycles. The smallest absolute Gasteiger partial charge is 0.289 e. The average molecular weight is 449 g/mol. The number of para-hydroxylation sites is 1. The Morgan fingerprint density at radius 1 is 1.03 bits per heavy atom. The first-order chi connectivity index (χ1) is 15.2. The zero-order valence-corrected chi connectivity index (χ0v) is 18.7. The SMILES string of the molecule is Cc1ccoc1C(=O)N1CCC(Oc2ccc(-c3cnc4ccccc4c3)cc2)CC1.Cl. The number of piperidine rings is 1. The van der Waals surface area contributed by atoms with Gasteiger partial charge in [-0.1, -0.05) is 30.3 Å². The highest BCUT2D eigenvalue weighted by molar-refractivity contribution is 5.92. The van der Waals surface area contributed by atoms with Gasteiger partial charge in [-0.3, -0.25) is 9.78 Å². The molecule has 0 aliphatic carbocycles. The normalized spacial score (nSPS) is 14.2. The number of amides is 1. The number of rotatable bonds is 4. The number of likely N-dealkylation sites (tertiary alicyclic amines) is 1. The van der Waals surface area contributed by atoms with E-state index in [0.717, 1.165) is 46.2 Å². The van der Waals surface area contributed by atoms with Crippen molar-refractivity contribution in [3.63, 3.8) is 0 Å². The lowest BCUT2D eigenvalue weighted by Crippen LogP contribution is -2.41. The quantitative estimate of drug-likeness (QED) is 0.389. The molecule has 2 aromatic carbocycles. The fourth-order valence-electron chi connectivity index (χ4n) is 4.06. The summed E-state index contributed by atoms with van der Waals surface area (Å²) in [5, 5.41) is 1.13. The molecule has 1 amide bonds. The number of aryl methyl sites for hydroxylation is 1. The highest BCUT2D eigenvalue weighted by atomic mass is 35.5. The maximum atomic E-state index is 12.6. The van der Waals surface area contributed by atoms with E-state index in [4.69, 9.17) is 9.15 Å². The van der Waals surface area contributed by atoms with Crippen LogP contribution in [-0.4, -0.2) is 35.0 Å². The lowest BCUT2D eigenvalue weighted by atomic mass is 10.0. The molecule has 1 aliphatic rings. The molecule has 2 aromatic heterocycles. The van der Waals surface area contributed by atoms with Crippen LogP contribution in [0.15, 0.2) is 77.5 Å². The lowest BCUT2D eigenvalue weighted by Gasteiger charge is -2.31. The number of fused-ring (bicyclic) bond motifs is 1. The summed E-state index contributed by atoms with van der Waals surface area (Å²) in [6.07, 6.45) is 5.20. The van der Waals surface area contributed by atoms with Gasteiger partial charge in [-0.2, -0.15) is 0 Å². The van der Waals surface area contributed by atoms with Gasteiger partial charge in [0.05, 0.1) is 11.8 Å². The number of carbonyl (C=O) groups is 1. The van der Waals surface area contributed by atoms with Gasteiger partial charge in [-0.15, -0.1) is 12.4 Å². The number of carbonyl (C=O) groups excluding carboxylic acids is 1. The first-order valence-corrected chi connectivity index (χ1v) is 10.6. The third-order valence-corrected chi connectivity index (χ3v) is 5.87. The Labute approximate surface area is 193 Å². The average Bonchev–Trinajstić information content (AvgIpc) is 3.25. The molecule has 1 aliphatic heterocycles. The zero-order chi connectivity index (χ0) is 21.2. The standard InChI is InChI=1S/C26H24N2O3.ClH/c1-18-12-15-30-25(18)26(29)28-13-10-23(11-14-28)31-22-8-6-19(7-9-22)21-16-20-4-2-3-5-24(20)27-17-21;/h2-9,12,15-17,23H,10-11,13-14H2,1H3;1H. The van der Waals surface area contributed by atoms with Gasteiger partial charge in [0, 0.05) is 48.6 Å². The van der Waals surface area contributed by atoms with E-state index in [0.29, 0.717) is 18.8 Å². The van der Waals surface area contributed by atoms with E-state index in [1.54, 1.807) is 6.26 Å². The van der Waals surface area contributed by atoms with Crippen LogP contribution >= 0.6 is 12.4 Å². The number of ether oxygens (including phenoxy) is 1. The van der Waals surface area contributed by atoms with Gasteiger partial charge in [0.15, 0.2) is 5.76 Å². The van der Waals surface area contributed by atoms with Crippen LogP contribution < -0.4 is 4.74 Å². The van der Waals surface area contributed by atoms with Gasteiger partial charge in [0.1, 0.15) is 11.9 Å². The Kier molecular flexibility index (Phi) is 6.47. The van der Waals surface area contributed by atoms with Gasteiger partial charge in [-0.25, -0.2) is 0 Å². The molecule has 32 heavy (non-hydrogen) atoms. The highest BCUT2D eigenvalue weighted by Crippen LogP contribution is 2.26. The van der Waals surface area contributed by atoms with Crippen LogP contribution in [0.2, 0.25) is 0 Å². The second-order valence-corrected chi connectivity index (χ2v) is 7.98. The molecule has 0 radical (unpaired) electrons. The number of hydrogen-bond donors (Lipinski definition) is 0. The molecule has 164 valence electrons. The maximum Gasteiger partial charge on any atom is 0.289 e. The molecule has 0 bridgehead atoms. The highest BCUT2D eigenvalue weighted by Gasteiger charge is 2.27. The van der Waals surface area contributed by atoms with Gasteiger partial charge in [0.25, 0.3) is 5.91 Å². The third-order valence-electron chi connectivity index (χ3n) is 5.87. The summed E-state index contributed by atoms with van der Waals surface area (Å²) < 4.78 is 11.5. The molecule has 3 heterocycles. The second kappa shape index (κ2) is 9.45. The molecule has 1 saturated heterocycles. The van der Waals surface area contributed by atoms with Crippen LogP contribution in [-0.2, 0) is 0 Å². The number of aromatic nitrogens is 1. The Morgan fingerprint density at radius 2 is 1.78 bits per heavy atom. The Morgan fingerprint density at radius 3 is 2.50 bits per heavy atom. The molecular weight excluding hydrogens is 424 g/mol. The predicted molar refractivity (Wildman–Crippen MR) is 127 cm³/mol. The summed E-state index contributed by atoms with van der Waals surface area (Å²) in [5.41, 5.74) is 4.08. The van der Waals surface area contributed by atoms with E-state index in [-0.39, 0.29) is 24.4 Å². The van der Waals surface area contributed by atoms with Gasteiger partial charge < -0.3 is 14.1 Å². The molecular formula is C26H25ClN2O3. The summed E-state index contributed by atoms with van der Waals surface area (Å²) in [6.45, 7) is 3.24. The van der Waals surface area contributed by atoms with Crippen molar-refractivity contribution in [2.75, 3.05) is 13.1 Å². The summed E-state index contributed by atoms with van der Waals surface area (Å²) in [7, 11) is 0. The van der Waals surface area contributed by atoms with Crippen LogP contribution in [0.5, 0.6) is 5.75 Å². The van der Waals surface area contributed by atoms with Crippen LogP contribution in [0.1, 0.15) is 29.0 Å². The van der Waals surface area contributed by atoms with E-state index in [2.05, 4.69) is 29.2 Å². The number of furan rings is 1. The summed E-state index contributed by atoms with van der Waals surface area (Å²) >= 11 is 0. The van der Waals surface area contributed by atoms with Gasteiger partial charge >= 0.3 is 0 Å². The van der Waals surface area contributed by atoms with Crippen LogP contribution in [0.4, 0.5) is 0 Å². The lowest BCUT2D eigenvalue weighted by molar-refractivity contribution is 0.0566. The van der Waals surface area contributed by atoms with Gasteiger partial charge in [0.2, 0.25) is 0 Å². The second-order valence-electron chi connectivity index (χ2n) is 7.98. The Hall–Kier alpha value is -3.31. The largest absolute Gasteiger partial charge is 0.490 e. The fourth-order valence-corrected chi connectivity index (χ4v) is 4.06. The zero-order valence-electron chi connectivity index (χ0n) is 17.9. The molecule has 0 unspecified atom stereocenters. The maximum absolute atomic E-state index is 12.6. The van der Waals surface area contributed by atoms with Gasteiger partial charge in [-0.05, 0) is 42.8 Å². The van der Waals surface area contributed by atoms with Crippen molar-refractivity contribution in [3.05, 3.63) is 84.4 Å². The molecule has 0 spiro atoms. The molecule has 0 N–H and O–H groups in total. The van der Waals surface area contributed by atoms with E-state index in [1.165, 1.54) is 0 Å². The molecule has 0 atom stereocenters. The Bertz CT molecular complexity index is 1210. The van der Waals surface area contributed by atoms with E-state index in [1.807, 2.05) is 54.4 Å². The first kappa shape index (κ1) is 21.9. The fraction of sp³-hybridized carbons (Fsp3) is 0.231. The molecule has 1 fully saturated rings. The van der Waals surface area contributed by atoms with Crippen molar-refractivity contribution in [3.8, 4) is 16.9 Å². The monoisotopic (exact) mass is 448 g/mol. The molecule has 5 nitrogen and oxygen atoms in total. The van der Waals surface area contributed by atoms with Crippen molar-refractivity contribution < 1.29 is 13.9 Å². The molecule has 4 aromatic rings. The van der Waals surface area contributed by atoms with E-state index in [9.17, 15) is 4.79 Å². The van der Waals surface area contributed by atoms with Crippen LogP contribution in [0.25, 0.3) is 22.0 Å². The van der Waals surface area contributed by atoms with Crippen molar-refractivity contribution in [1.29, 1.82) is 0 Å². The predicted octanol–water partition coefficient (Wildman–Crippen LogP) is 5.91. The number of benzene rings is 2. The van der Waals surface area contributed by atoms with Crippen molar-refractivity contribution in [2.45, 2.75) is 25.9 Å². The minimum Gasteiger partial charge on any atom is -0.490 e. The summed E-state index contributed by atoms with van der Waals surface area (Å²) in [5.74, 6) is 1.26. The summed E-state index contributed by atoms with van der Waals surface area (Å²) in [6, 6.07) is 20.3. The number of nitrogens with zero attached hydrogens (tertiary/aromatic N) is 2. The third kappa shape index (κ3) is 4.48. The number of hydrogen-bond acceptors (Lipinski definition) is 4. The topological polar surface area (TPSA) is 55.6 Å². The first-order valence-electron chi connectivity index (χ1n) is 10.6. The van der Waals surface area contributed by atoms with Crippen LogP contribution in [0.3, 0.4) is 0 Å². The number of pyridine rings is 1. The van der Waals surface area contributed by atoms with Crippen LogP contribution in [0, 0.1) is 6.92 Å². The number of halogens is 1. The molecule has 5 rings (SSSR count). The van der Waals surface area contributed by atoms with E-state index >= 15 is 0 Å². The summed E-state index contributed by atoms with van der Waals surface area (Å²) in [4.78, 5) is 19.0.